The minimum Gasteiger partial charge on any atom is -0.464 e. The third kappa shape index (κ3) is 5.54. The van der Waals surface area contributed by atoms with E-state index in [1.165, 1.54) is 0 Å². The van der Waals surface area contributed by atoms with E-state index < -0.39 is 12.1 Å². The fourth-order valence-electron chi connectivity index (χ4n) is 0.441. The lowest BCUT2D eigenvalue weighted by Gasteiger charge is -2.04. The molecule has 4 heteroatoms. The summed E-state index contributed by atoms with van der Waals surface area (Å²) in [5.41, 5.74) is 0. The van der Waals surface area contributed by atoms with Gasteiger partial charge in [0.2, 0.25) is 0 Å². The molecule has 0 aliphatic carbocycles. The van der Waals surface area contributed by atoms with Crippen molar-refractivity contribution in [1.82, 2.24) is 0 Å². The zero-order valence-electron chi connectivity index (χ0n) is 6.70. The minimum atomic E-state index is -0.542. The summed E-state index contributed by atoms with van der Waals surface area (Å²) in [6.07, 6.45) is 0.0820. The molecule has 1 unspecified atom stereocenters. The molecule has 0 aromatic rings. The normalized spacial score (nSPS) is 12.2. The first kappa shape index (κ1) is 10.1. The number of hydrogen-bond acceptors (Lipinski definition) is 4. The number of hydrogen-bond donors (Lipinski definition) is 0. The molecule has 0 saturated heterocycles. The molecule has 0 rings (SSSR count). The second kappa shape index (κ2) is 5.85. The number of rotatable bonds is 5. The summed E-state index contributed by atoms with van der Waals surface area (Å²) < 4.78 is 9.32. The van der Waals surface area contributed by atoms with Crippen molar-refractivity contribution in [3.63, 3.8) is 0 Å². The molecule has 64 valence electrons. The number of carbonyl (C=O) groups excluding carboxylic acids is 2. The van der Waals surface area contributed by atoms with Gasteiger partial charge in [0, 0.05) is 0 Å². The minimum absolute atomic E-state index is 0.159. The van der Waals surface area contributed by atoms with Crippen molar-refractivity contribution in [2.75, 3.05) is 13.2 Å². The van der Waals surface area contributed by atoms with Gasteiger partial charge in [-0.1, -0.05) is 0 Å². The Balaban J connectivity index is 3.37. The summed E-state index contributed by atoms with van der Waals surface area (Å²) in [5, 5.41) is 0. The van der Waals surface area contributed by atoms with Crippen LogP contribution in [0.3, 0.4) is 0 Å². The molecule has 0 amide bonds. The van der Waals surface area contributed by atoms with Crippen molar-refractivity contribution in [3.05, 3.63) is 0 Å². The van der Waals surface area contributed by atoms with Crippen LogP contribution in [0, 0.1) is 0 Å². The first-order chi connectivity index (χ1) is 5.20. The van der Waals surface area contributed by atoms with Gasteiger partial charge < -0.3 is 14.3 Å². The van der Waals surface area contributed by atoms with Gasteiger partial charge in [-0.2, -0.15) is 0 Å². The lowest BCUT2D eigenvalue weighted by Crippen LogP contribution is -2.18. The van der Waals surface area contributed by atoms with Gasteiger partial charge in [-0.25, -0.2) is 4.79 Å². The summed E-state index contributed by atoms with van der Waals surface area (Å²) in [7, 11) is 0. The van der Waals surface area contributed by atoms with Gasteiger partial charge in [0.15, 0.2) is 0 Å². The van der Waals surface area contributed by atoms with E-state index in [2.05, 4.69) is 4.74 Å². The lowest BCUT2D eigenvalue weighted by atomic mass is 10.5. The zero-order chi connectivity index (χ0) is 8.69. The Kier molecular flexibility index (Phi) is 5.37. The fraction of sp³-hybridized carbons (Fsp3) is 0.714. The molecule has 0 N–H and O–H groups in total. The topological polar surface area (TPSA) is 52.6 Å². The van der Waals surface area contributed by atoms with Crippen LogP contribution in [0.5, 0.6) is 0 Å². The Morgan fingerprint density at radius 2 is 2.27 bits per heavy atom. The molecule has 0 radical (unpaired) electrons. The van der Waals surface area contributed by atoms with E-state index >= 15 is 0 Å². The highest BCUT2D eigenvalue weighted by Gasteiger charge is 2.04. The van der Waals surface area contributed by atoms with E-state index in [9.17, 15) is 9.59 Å². The van der Waals surface area contributed by atoms with Gasteiger partial charge in [0.1, 0.15) is 19.0 Å². The Hall–Kier alpha value is -0.900. The highest BCUT2D eigenvalue weighted by Crippen LogP contribution is 1.86. The molecule has 0 heterocycles. The highest BCUT2D eigenvalue weighted by molar-refractivity contribution is 5.71. The van der Waals surface area contributed by atoms with Crippen LogP contribution in [-0.2, 0) is 19.1 Å². The van der Waals surface area contributed by atoms with Gasteiger partial charge in [-0.15, -0.1) is 0 Å². The lowest BCUT2D eigenvalue weighted by molar-refractivity contribution is -0.150. The molecule has 0 bridgehead atoms. The SMILES string of the molecule is CCOC(=O)COC(C)C=O. The first-order valence-electron chi connectivity index (χ1n) is 3.43. The summed E-state index contributed by atoms with van der Waals surface area (Å²) in [6.45, 7) is 3.44. The second-order valence-corrected chi connectivity index (χ2v) is 1.96. The molecule has 0 aromatic heterocycles. The predicted molar refractivity (Wildman–Crippen MR) is 38.1 cm³/mol. The molecular weight excluding hydrogens is 148 g/mol. The maximum Gasteiger partial charge on any atom is 0.332 e. The summed E-state index contributed by atoms with van der Waals surface area (Å²) in [6, 6.07) is 0. The summed E-state index contributed by atoms with van der Waals surface area (Å²) in [5.74, 6) is -0.443. The van der Waals surface area contributed by atoms with E-state index in [1.54, 1.807) is 13.8 Å². The second-order valence-electron chi connectivity index (χ2n) is 1.96. The molecule has 0 saturated carbocycles. The van der Waals surface area contributed by atoms with Crippen LogP contribution >= 0.6 is 0 Å². The van der Waals surface area contributed by atoms with Crippen molar-refractivity contribution in [2.24, 2.45) is 0 Å². The molecule has 0 aromatic carbocycles. The molecule has 0 spiro atoms. The molecule has 0 aliphatic heterocycles. The van der Waals surface area contributed by atoms with Crippen LogP contribution in [0.1, 0.15) is 13.8 Å². The molecule has 1 atom stereocenters. The largest absolute Gasteiger partial charge is 0.464 e. The average molecular weight is 160 g/mol. The van der Waals surface area contributed by atoms with E-state index in [4.69, 9.17) is 4.74 Å². The third-order valence-electron chi connectivity index (χ3n) is 0.961. The van der Waals surface area contributed by atoms with Crippen LogP contribution in [0.2, 0.25) is 0 Å². The van der Waals surface area contributed by atoms with E-state index in [-0.39, 0.29) is 6.61 Å². The molecule has 0 fully saturated rings. The third-order valence-corrected chi connectivity index (χ3v) is 0.961. The number of esters is 1. The maximum atomic E-state index is 10.6. The van der Waals surface area contributed by atoms with Crippen molar-refractivity contribution in [2.45, 2.75) is 20.0 Å². The molecule has 4 nitrogen and oxygen atoms in total. The van der Waals surface area contributed by atoms with E-state index in [0.717, 1.165) is 0 Å². The first-order valence-corrected chi connectivity index (χ1v) is 3.43. The smallest absolute Gasteiger partial charge is 0.332 e. The molecule has 11 heavy (non-hydrogen) atoms. The van der Waals surface area contributed by atoms with Crippen LogP contribution in [-0.4, -0.2) is 31.6 Å². The Bertz CT molecular complexity index is 132. The van der Waals surface area contributed by atoms with Crippen LogP contribution < -0.4 is 0 Å². The molecular formula is C7H12O4. The van der Waals surface area contributed by atoms with E-state index in [1.807, 2.05) is 0 Å². The number of carbonyl (C=O) groups is 2. The van der Waals surface area contributed by atoms with Gasteiger partial charge in [0.05, 0.1) is 6.61 Å². The average Bonchev–Trinajstić information content (AvgIpc) is 2.01. The maximum absolute atomic E-state index is 10.6. The Labute approximate surface area is 65.5 Å². The van der Waals surface area contributed by atoms with Gasteiger partial charge in [-0.3, -0.25) is 0 Å². The summed E-state index contributed by atoms with van der Waals surface area (Å²) >= 11 is 0. The zero-order valence-corrected chi connectivity index (χ0v) is 6.70. The quantitative estimate of drug-likeness (QED) is 0.424. The Morgan fingerprint density at radius 1 is 1.64 bits per heavy atom. The van der Waals surface area contributed by atoms with Crippen LogP contribution in [0.4, 0.5) is 0 Å². The van der Waals surface area contributed by atoms with Crippen molar-refractivity contribution < 1.29 is 19.1 Å². The van der Waals surface area contributed by atoms with Gasteiger partial charge in [0.25, 0.3) is 0 Å². The van der Waals surface area contributed by atoms with Gasteiger partial charge in [-0.05, 0) is 13.8 Å². The fourth-order valence-corrected chi connectivity index (χ4v) is 0.441. The van der Waals surface area contributed by atoms with Crippen LogP contribution in [0.15, 0.2) is 0 Å². The van der Waals surface area contributed by atoms with Crippen molar-refractivity contribution in [1.29, 1.82) is 0 Å². The number of ether oxygens (including phenoxy) is 2. The monoisotopic (exact) mass is 160 g/mol. The molecule has 0 aliphatic rings. The van der Waals surface area contributed by atoms with Crippen LogP contribution in [0.25, 0.3) is 0 Å². The highest BCUT2D eigenvalue weighted by atomic mass is 16.6. The Morgan fingerprint density at radius 3 is 2.73 bits per heavy atom. The van der Waals surface area contributed by atoms with Gasteiger partial charge >= 0.3 is 5.97 Å². The summed E-state index contributed by atoms with van der Waals surface area (Å²) in [4.78, 5) is 20.6. The van der Waals surface area contributed by atoms with Crippen molar-refractivity contribution >= 4 is 12.3 Å². The predicted octanol–water partition coefficient (Wildman–Crippen LogP) is 0.153. The number of aldehydes is 1. The van der Waals surface area contributed by atoms with Crippen molar-refractivity contribution in [3.8, 4) is 0 Å². The van der Waals surface area contributed by atoms with E-state index in [0.29, 0.717) is 12.9 Å². The standard InChI is InChI=1S/C7H12O4/c1-3-10-7(9)5-11-6(2)4-8/h4,6H,3,5H2,1-2H3.